The van der Waals surface area contributed by atoms with Crippen LogP contribution in [0.1, 0.15) is 25.3 Å². The van der Waals surface area contributed by atoms with Gasteiger partial charge in [0, 0.05) is 20.0 Å². The Morgan fingerprint density at radius 2 is 2.26 bits per heavy atom. The highest BCUT2D eigenvalue weighted by atomic mass is 19.1. The molecule has 27 heavy (non-hydrogen) atoms. The highest BCUT2D eigenvalue weighted by molar-refractivity contribution is 6.05. The maximum atomic E-state index is 15.2. The number of hydrogen-bond acceptors (Lipinski definition) is 6. The first kappa shape index (κ1) is 16.6. The second kappa shape index (κ2) is 5.69. The fourth-order valence-electron chi connectivity index (χ4n) is 4.35. The zero-order chi connectivity index (χ0) is 18.9. The van der Waals surface area contributed by atoms with E-state index < -0.39 is 0 Å². The number of anilines is 1. The first-order valence-electron chi connectivity index (χ1n) is 9.25. The molecule has 2 aliphatic rings. The van der Waals surface area contributed by atoms with E-state index in [1.165, 1.54) is 6.07 Å². The van der Waals surface area contributed by atoms with Gasteiger partial charge in [0.2, 0.25) is 0 Å². The van der Waals surface area contributed by atoms with Crippen LogP contribution in [-0.2, 0) is 0 Å². The van der Waals surface area contributed by atoms with E-state index >= 15 is 4.39 Å². The van der Waals surface area contributed by atoms with Crippen LogP contribution in [0.3, 0.4) is 0 Å². The number of aromatic nitrogens is 2. The zero-order valence-corrected chi connectivity index (χ0v) is 15.3. The van der Waals surface area contributed by atoms with E-state index in [1.807, 2.05) is 11.8 Å². The van der Waals surface area contributed by atoms with Gasteiger partial charge in [0.1, 0.15) is 17.8 Å². The molecule has 8 heteroatoms. The Morgan fingerprint density at radius 1 is 1.44 bits per heavy atom. The molecule has 5 rings (SSSR count). The van der Waals surface area contributed by atoms with Gasteiger partial charge in [-0.2, -0.15) is 0 Å². The van der Waals surface area contributed by atoms with Crippen molar-refractivity contribution in [3.63, 3.8) is 0 Å². The quantitative estimate of drug-likeness (QED) is 0.743. The first-order chi connectivity index (χ1) is 13.0. The number of fused-ring (bicyclic) bond motifs is 2. The van der Waals surface area contributed by atoms with Gasteiger partial charge in [-0.15, -0.1) is 0 Å². The van der Waals surface area contributed by atoms with Crippen molar-refractivity contribution in [2.75, 3.05) is 31.1 Å². The maximum absolute atomic E-state index is 15.2. The number of aryl methyl sites for hydroxylation is 1. The molecule has 1 fully saturated rings. The van der Waals surface area contributed by atoms with Crippen LogP contribution >= 0.6 is 0 Å². The molecule has 0 spiro atoms. The predicted octanol–water partition coefficient (Wildman–Crippen LogP) is 2.33. The number of benzene rings is 1. The summed E-state index contributed by atoms with van der Waals surface area (Å²) >= 11 is 0. The lowest BCUT2D eigenvalue weighted by Gasteiger charge is -2.30. The van der Waals surface area contributed by atoms with Crippen molar-refractivity contribution in [2.24, 2.45) is 11.7 Å². The molecule has 0 amide bonds. The number of nitrogens with two attached hydrogens (primary N) is 1. The Bertz CT molecular complexity index is 1140. The van der Waals surface area contributed by atoms with E-state index in [4.69, 9.17) is 14.9 Å². The van der Waals surface area contributed by atoms with Crippen LogP contribution < -0.4 is 20.9 Å². The summed E-state index contributed by atoms with van der Waals surface area (Å²) in [5, 5.41) is 0.516. The van der Waals surface area contributed by atoms with Crippen LogP contribution in [0.25, 0.3) is 22.0 Å². The van der Waals surface area contributed by atoms with E-state index in [0.717, 1.165) is 6.42 Å². The van der Waals surface area contributed by atoms with E-state index in [0.29, 0.717) is 66.0 Å². The summed E-state index contributed by atoms with van der Waals surface area (Å²) in [6, 6.07) is 1.26. The number of nitrogens with zero attached hydrogens (tertiary/aromatic N) is 3. The first-order valence-corrected chi connectivity index (χ1v) is 9.25. The summed E-state index contributed by atoms with van der Waals surface area (Å²) in [5.41, 5.74) is 7.10. The molecule has 1 unspecified atom stereocenters. The van der Waals surface area contributed by atoms with Gasteiger partial charge in [0.25, 0.3) is 5.56 Å². The third kappa shape index (κ3) is 2.22. The maximum Gasteiger partial charge on any atom is 0.281 e. The molecule has 7 nitrogen and oxygen atoms in total. The third-order valence-corrected chi connectivity index (χ3v) is 5.67. The Balaban J connectivity index is 1.87. The monoisotopic (exact) mass is 372 g/mol. The predicted molar refractivity (Wildman–Crippen MR) is 100 cm³/mol. The fourth-order valence-corrected chi connectivity index (χ4v) is 4.35. The number of pyridine rings is 1. The van der Waals surface area contributed by atoms with Crippen molar-refractivity contribution < 1.29 is 13.5 Å². The largest absolute Gasteiger partial charge is 0.487 e. The van der Waals surface area contributed by atoms with E-state index in [9.17, 15) is 4.79 Å². The normalized spacial score (nSPS) is 22.0. The fraction of sp³-hybridized carbons (Fsp3) is 0.474. The lowest BCUT2D eigenvalue weighted by atomic mass is 10.1. The van der Waals surface area contributed by atoms with Crippen LogP contribution in [0.2, 0.25) is 0 Å². The van der Waals surface area contributed by atoms with Crippen molar-refractivity contribution in [3.8, 4) is 5.75 Å². The van der Waals surface area contributed by atoms with Crippen molar-refractivity contribution in [2.45, 2.75) is 26.3 Å². The van der Waals surface area contributed by atoms with Gasteiger partial charge in [-0.05, 0) is 31.9 Å². The molecule has 2 aliphatic heterocycles. The lowest BCUT2D eigenvalue weighted by Crippen LogP contribution is -2.32. The molecule has 2 aromatic heterocycles. The van der Waals surface area contributed by atoms with Gasteiger partial charge in [-0.25, -0.2) is 9.37 Å². The van der Waals surface area contributed by atoms with Crippen LogP contribution in [0.15, 0.2) is 15.3 Å². The Hall–Kier alpha value is -2.61. The molecule has 0 saturated carbocycles. The van der Waals surface area contributed by atoms with Gasteiger partial charge in [-0.3, -0.25) is 9.36 Å². The molecule has 0 aliphatic carbocycles. The van der Waals surface area contributed by atoms with Gasteiger partial charge >= 0.3 is 0 Å². The van der Waals surface area contributed by atoms with Crippen molar-refractivity contribution in [1.29, 1.82) is 0 Å². The van der Waals surface area contributed by atoms with E-state index in [-0.39, 0.29) is 22.9 Å². The number of ether oxygens (including phenoxy) is 1. The standard InChI is InChI=1S/C19H21FN4O3/c1-9-8-26-18-15-12(17-14(19(25)24(9)15)22-10(2)27-17)5-13(20)16(18)23-4-3-11(6-21)7-23/h5,9,11H,3-4,6-8,21H2,1-2H3/t9-,11?/m0/s1. The SMILES string of the molecule is Cc1nc2c(=O)n3c4c(c(N5CCC(CN)C5)c(F)cc4c2o1)OC[C@@H]3C. The van der Waals surface area contributed by atoms with E-state index in [1.54, 1.807) is 11.5 Å². The van der Waals surface area contributed by atoms with Crippen LogP contribution in [0.5, 0.6) is 5.75 Å². The highest BCUT2D eigenvalue weighted by Gasteiger charge is 2.33. The molecule has 1 aromatic carbocycles. The number of hydrogen-bond donors (Lipinski definition) is 1. The molecule has 142 valence electrons. The summed E-state index contributed by atoms with van der Waals surface area (Å²) in [4.78, 5) is 19.3. The average molecular weight is 372 g/mol. The molecule has 0 bridgehead atoms. The zero-order valence-electron chi connectivity index (χ0n) is 15.3. The molecule has 4 heterocycles. The number of rotatable bonds is 2. The third-order valence-electron chi connectivity index (χ3n) is 5.67. The summed E-state index contributed by atoms with van der Waals surface area (Å²) in [6.07, 6.45) is 0.914. The van der Waals surface area contributed by atoms with E-state index in [2.05, 4.69) is 4.98 Å². The minimum atomic E-state index is -0.384. The molecule has 3 aromatic rings. The van der Waals surface area contributed by atoms with Crippen molar-refractivity contribution >= 4 is 27.7 Å². The number of oxazole rings is 1. The second-order valence-electron chi connectivity index (χ2n) is 7.51. The van der Waals surface area contributed by atoms with Crippen molar-refractivity contribution in [3.05, 3.63) is 28.1 Å². The topological polar surface area (TPSA) is 86.5 Å². The highest BCUT2D eigenvalue weighted by Crippen LogP contribution is 2.44. The second-order valence-corrected chi connectivity index (χ2v) is 7.51. The average Bonchev–Trinajstić information content (AvgIpc) is 3.26. The summed E-state index contributed by atoms with van der Waals surface area (Å²) in [6.45, 7) is 5.85. The lowest BCUT2D eigenvalue weighted by molar-refractivity contribution is 0.245. The van der Waals surface area contributed by atoms with Gasteiger partial charge in [-0.1, -0.05) is 0 Å². The minimum absolute atomic E-state index is 0.178. The number of halogens is 1. The molecular weight excluding hydrogens is 351 g/mol. The smallest absolute Gasteiger partial charge is 0.281 e. The summed E-state index contributed by atoms with van der Waals surface area (Å²) in [7, 11) is 0. The van der Waals surface area contributed by atoms with Crippen LogP contribution in [0, 0.1) is 18.7 Å². The molecule has 1 saturated heterocycles. The Labute approximate surface area is 154 Å². The van der Waals surface area contributed by atoms with Crippen LogP contribution in [-0.4, -0.2) is 35.8 Å². The Morgan fingerprint density at radius 3 is 3.00 bits per heavy atom. The van der Waals surface area contributed by atoms with Gasteiger partial charge < -0.3 is 19.8 Å². The molecule has 0 radical (unpaired) electrons. The van der Waals surface area contributed by atoms with Gasteiger partial charge in [0.05, 0.1) is 11.4 Å². The minimum Gasteiger partial charge on any atom is -0.487 e. The molecule has 2 atom stereocenters. The summed E-state index contributed by atoms with van der Waals surface area (Å²) in [5.74, 6) is 0.737. The van der Waals surface area contributed by atoms with Crippen molar-refractivity contribution in [1.82, 2.24) is 9.55 Å². The van der Waals surface area contributed by atoms with Gasteiger partial charge in [0.15, 0.2) is 28.6 Å². The molecule has 2 N–H and O–H groups in total. The van der Waals surface area contributed by atoms with Crippen LogP contribution in [0.4, 0.5) is 10.1 Å². The summed E-state index contributed by atoms with van der Waals surface area (Å²) < 4.78 is 28.5. The Kier molecular flexibility index (Phi) is 3.49. The molecular formula is C19H21FN4O3.